The molecule has 2 saturated carbocycles. The second-order valence-corrected chi connectivity index (χ2v) is 7.76. The van der Waals surface area contributed by atoms with Crippen LogP contribution in [0.4, 0.5) is 0 Å². The van der Waals surface area contributed by atoms with Gasteiger partial charge in [0.15, 0.2) is 11.5 Å². The summed E-state index contributed by atoms with van der Waals surface area (Å²) in [5.41, 5.74) is 0.864. The fourth-order valence-electron chi connectivity index (χ4n) is 4.64. The molecule has 4 nitrogen and oxygen atoms in total. The van der Waals surface area contributed by atoms with E-state index < -0.39 is 0 Å². The van der Waals surface area contributed by atoms with E-state index >= 15 is 0 Å². The molecule has 1 aromatic rings. The normalized spacial score (nSPS) is 24.7. The lowest BCUT2D eigenvalue weighted by molar-refractivity contribution is -0.121. The predicted molar refractivity (Wildman–Crippen MR) is 98.8 cm³/mol. The number of methoxy groups -OCH3 is 1. The van der Waals surface area contributed by atoms with Gasteiger partial charge in [-0.25, -0.2) is 0 Å². The maximum absolute atomic E-state index is 12.3. The Morgan fingerprint density at radius 1 is 1.08 bits per heavy atom. The van der Waals surface area contributed by atoms with E-state index in [1.807, 2.05) is 0 Å². The van der Waals surface area contributed by atoms with Gasteiger partial charge in [0.2, 0.25) is 5.91 Å². The van der Waals surface area contributed by atoms with Gasteiger partial charge in [-0.2, -0.15) is 0 Å². The average molecular weight is 345 g/mol. The molecule has 0 aromatic heterocycles. The molecule has 0 radical (unpaired) electrons. The minimum atomic E-state index is 0.0638. The van der Waals surface area contributed by atoms with Gasteiger partial charge in [0.25, 0.3) is 0 Å². The smallest absolute Gasteiger partial charge is 0.224 e. The Labute approximate surface area is 151 Å². The molecule has 0 spiro atoms. The predicted octanol–water partition coefficient (Wildman–Crippen LogP) is 4.20. The summed E-state index contributed by atoms with van der Waals surface area (Å²) in [7, 11) is 1.52. The van der Waals surface area contributed by atoms with Crippen LogP contribution in [-0.4, -0.2) is 24.2 Å². The molecule has 0 unspecified atom stereocenters. The highest BCUT2D eigenvalue weighted by Gasteiger charge is 2.29. The summed E-state index contributed by atoms with van der Waals surface area (Å²) in [6.45, 7) is 0. The van der Waals surface area contributed by atoms with Gasteiger partial charge in [-0.1, -0.05) is 38.2 Å². The van der Waals surface area contributed by atoms with Crippen LogP contribution in [0, 0.1) is 11.8 Å². The fourth-order valence-corrected chi connectivity index (χ4v) is 4.64. The van der Waals surface area contributed by atoms with Crippen molar-refractivity contribution in [1.82, 2.24) is 5.32 Å². The largest absolute Gasteiger partial charge is 0.504 e. The van der Waals surface area contributed by atoms with Crippen LogP contribution in [0.1, 0.15) is 63.4 Å². The zero-order valence-corrected chi connectivity index (χ0v) is 15.3. The second-order valence-electron chi connectivity index (χ2n) is 7.76. The summed E-state index contributed by atoms with van der Waals surface area (Å²) >= 11 is 0. The van der Waals surface area contributed by atoms with E-state index in [9.17, 15) is 9.90 Å². The summed E-state index contributed by atoms with van der Waals surface area (Å²) in [6.07, 6.45) is 12.2. The van der Waals surface area contributed by atoms with Crippen LogP contribution in [0.3, 0.4) is 0 Å². The van der Waals surface area contributed by atoms with Gasteiger partial charge in [0.1, 0.15) is 0 Å². The molecule has 0 aliphatic heterocycles. The summed E-state index contributed by atoms with van der Waals surface area (Å²) < 4.78 is 5.10. The maximum Gasteiger partial charge on any atom is 0.224 e. The van der Waals surface area contributed by atoms with E-state index in [2.05, 4.69) is 5.32 Å². The molecule has 2 fully saturated rings. The van der Waals surface area contributed by atoms with E-state index in [-0.39, 0.29) is 11.7 Å². The topological polar surface area (TPSA) is 58.6 Å². The number of amides is 1. The molecule has 138 valence electrons. The van der Waals surface area contributed by atoms with Crippen LogP contribution in [0.15, 0.2) is 18.2 Å². The molecule has 0 atom stereocenters. The van der Waals surface area contributed by atoms with Gasteiger partial charge in [-0.3, -0.25) is 4.79 Å². The molecule has 0 bridgehead atoms. The van der Waals surface area contributed by atoms with Gasteiger partial charge >= 0.3 is 0 Å². The van der Waals surface area contributed by atoms with Gasteiger partial charge in [0, 0.05) is 6.04 Å². The Balaban J connectivity index is 1.44. The molecule has 4 heteroatoms. The number of benzene rings is 1. The second kappa shape index (κ2) is 8.59. The van der Waals surface area contributed by atoms with Crippen molar-refractivity contribution < 1.29 is 14.6 Å². The third-order valence-electron chi connectivity index (χ3n) is 6.06. The number of carbonyl (C=O) groups is 1. The van der Waals surface area contributed by atoms with Gasteiger partial charge < -0.3 is 15.2 Å². The molecule has 0 saturated heterocycles. The van der Waals surface area contributed by atoms with E-state index in [1.165, 1.54) is 52.1 Å². The third-order valence-corrected chi connectivity index (χ3v) is 6.06. The molecule has 1 aromatic carbocycles. The Kier molecular flexibility index (Phi) is 6.22. The highest BCUT2D eigenvalue weighted by molar-refractivity contribution is 5.79. The zero-order valence-electron chi connectivity index (χ0n) is 15.3. The Hall–Kier alpha value is -1.71. The lowest BCUT2D eigenvalue weighted by atomic mass is 9.72. The number of rotatable bonds is 5. The maximum atomic E-state index is 12.3. The summed E-state index contributed by atoms with van der Waals surface area (Å²) in [5, 5.41) is 12.8. The summed E-state index contributed by atoms with van der Waals surface area (Å²) in [4.78, 5) is 12.3. The van der Waals surface area contributed by atoms with E-state index in [0.29, 0.717) is 18.2 Å². The van der Waals surface area contributed by atoms with Gasteiger partial charge in [0.05, 0.1) is 13.5 Å². The van der Waals surface area contributed by atoms with Crippen molar-refractivity contribution in [3.63, 3.8) is 0 Å². The van der Waals surface area contributed by atoms with Crippen LogP contribution < -0.4 is 10.1 Å². The molecule has 25 heavy (non-hydrogen) atoms. The zero-order chi connectivity index (χ0) is 17.6. The first kappa shape index (κ1) is 18.1. The molecule has 0 heterocycles. The fraction of sp³-hybridized carbons (Fsp3) is 0.667. The Bertz CT molecular complexity index is 573. The molecular weight excluding hydrogens is 314 g/mol. The number of phenols is 1. The Morgan fingerprint density at radius 3 is 2.44 bits per heavy atom. The molecule has 2 aliphatic rings. The number of aromatic hydroxyl groups is 1. The molecule has 3 rings (SSSR count). The Morgan fingerprint density at radius 2 is 1.76 bits per heavy atom. The van der Waals surface area contributed by atoms with Crippen molar-refractivity contribution in [3.05, 3.63) is 23.8 Å². The minimum absolute atomic E-state index is 0.0638. The number of nitrogens with one attached hydrogen (secondary N) is 1. The minimum Gasteiger partial charge on any atom is -0.504 e. The highest BCUT2D eigenvalue weighted by Crippen LogP contribution is 2.38. The number of carbonyl (C=O) groups excluding carboxylic acids is 1. The first-order valence-corrected chi connectivity index (χ1v) is 9.81. The van der Waals surface area contributed by atoms with Crippen LogP contribution in [-0.2, 0) is 11.2 Å². The average Bonchev–Trinajstić information content (AvgIpc) is 2.64. The quantitative estimate of drug-likeness (QED) is 0.841. The first-order chi connectivity index (χ1) is 12.2. The SMILES string of the molecule is COc1cc(CC(=O)NC2CCC(C3CCCCC3)CC2)ccc1O. The molecule has 2 aliphatic carbocycles. The first-order valence-electron chi connectivity index (χ1n) is 9.81. The molecular formula is C21H31NO3. The number of hydrogen-bond acceptors (Lipinski definition) is 3. The van der Waals surface area contributed by atoms with E-state index in [4.69, 9.17) is 4.74 Å². The standard InChI is InChI=1S/C21H31NO3/c1-25-20-13-15(7-12-19(20)23)14-21(24)22-18-10-8-17(9-11-18)16-5-3-2-4-6-16/h7,12-13,16-18,23H,2-6,8-11,14H2,1H3,(H,22,24). The van der Waals surface area contributed by atoms with Crippen molar-refractivity contribution in [2.75, 3.05) is 7.11 Å². The van der Waals surface area contributed by atoms with Gasteiger partial charge in [-0.05, 0) is 55.2 Å². The van der Waals surface area contributed by atoms with Crippen molar-refractivity contribution in [2.45, 2.75) is 70.3 Å². The number of phenolic OH excluding ortho intramolecular Hbond substituents is 1. The van der Waals surface area contributed by atoms with E-state index in [1.54, 1.807) is 18.2 Å². The third kappa shape index (κ3) is 4.90. The summed E-state index contributed by atoms with van der Waals surface area (Å²) in [6, 6.07) is 5.41. The van der Waals surface area contributed by atoms with Crippen molar-refractivity contribution in [1.29, 1.82) is 0 Å². The highest BCUT2D eigenvalue weighted by atomic mass is 16.5. The monoisotopic (exact) mass is 345 g/mol. The van der Waals surface area contributed by atoms with Crippen molar-refractivity contribution in [3.8, 4) is 11.5 Å². The van der Waals surface area contributed by atoms with Gasteiger partial charge in [-0.15, -0.1) is 0 Å². The van der Waals surface area contributed by atoms with Crippen LogP contribution in [0.2, 0.25) is 0 Å². The van der Waals surface area contributed by atoms with E-state index in [0.717, 1.165) is 30.2 Å². The lowest BCUT2D eigenvalue weighted by Gasteiger charge is -2.36. The van der Waals surface area contributed by atoms with Crippen LogP contribution in [0.25, 0.3) is 0 Å². The van der Waals surface area contributed by atoms with Crippen molar-refractivity contribution in [2.24, 2.45) is 11.8 Å². The molecule has 2 N–H and O–H groups in total. The van der Waals surface area contributed by atoms with Crippen molar-refractivity contribution >= 4 is 5.91 Å². The number of hydrogen-bond donors (Lipinski definition) is 2. The lowest BCUT2D eigenvalue weighted by Crippen LogP contribution is -2.39. The van der Waals surface area contributed by atoms with Crippen LogP contribution >= 0.6 is 0 Å². The number of ether oxygens (including phenoxy) is 1. The summed E-state index contributed by atoms with van der Waals surface area (Å²) in [5.74, 6) is 2.41. The van der Waals surface area contributed by atoms with Crippen LogP contribution in [0.5, 0.6) is 11.5 Å². The molecule has 1 amide bonds.